The first kappa shape index (κ1) is 17.2. The smallest absolute Gasteiger partial charge is 0.224 e. The van der Waals surface area contributed by atoms with E-state index in [0.717, 1.165) is 25.2 Å². The Kier molecular flexibility index (Phi) is 4.78. The van der Waals surface area contributed by atoms with Gasteiger partial charge in [0.25, 0.3) is 0 Å². The lowest BCUT2D eigenvalue weighted by Gasteiger charge is -2.28. The fourth-order valence-corrected chi connectivity index (χ4v) is 4.49. The maximum Gasteiger partial charge on any atom is 0.224 e. The number of amides is 1. The van der Waals surface area contributed by atoms with Gasteiger partial charge in [0.1, 0.15) is 18.0 Å². The van der Waals surface area contributed by atoms with Gasteiger partial charge < -0.3 is 9.88 Å². The van der Waals surface area contributed by atoms with E-state index in [0.29, 0.717) is 5.92 Å². The van der Waals surface area contributed by atoms with E-state index in [1.807, 2.05) is 20.2 Å². The number of imidazole rings is 1. The predicted molar refractivity (Wildman–Crippen MR) is 97.4 cm³/mol. The number of nitrogens with one attached hydrogen (secondary N) is 1. The number of aryl methyl sites for hydroxylation is 1. The van der Waals surface area contributed by atoms with E-state index < -0.39 is 0 Å². The number of carbonyl (C=O) groups excluding carboxylic acids is 1. The van der Waals surface area contributed by atoms with Crippen molar-refractivity contribution in [1.82, 2.24) is 29.6 Å². The number of hydrogen-bond donors (Lipinski definition) is 1. The maximum absolute atomic E-state index is 12.7. The molecule has 7 heteroatoms. The molecule has 2 unspecified atom stereocenters. The van der Waals surface area contributed by atoms with E-state index >= 15 is 0 Å². The Bertz CT molecular complexity index is 773. The van der Waals surface area contributed by atoms with E-state index in [4.69, 9.17) is 4.98 Å². The van der Waals surface area contributed by atoms with Gasteiger partial charge in [0, 0.05) is 43.7 Å². The van der Waals surface area contributed by atoms with Crippen LogP contribution in [0.15, 0.2) is 12.5 Å². The molecular weight excluding hydrogens is 328 g/mol. The third kappa shape index (κ3) is 3.27. The van der Waals surface area contributed by atoms with E-state index in [2.05, 4.69) is 20.0 Å². The standard InChI is InChI=1S/C19H28N6O/c1-13(17-21-12-22-24(17)2)23-19(26)15-8-9-25-16(10-15)11-20-18(25)14-6-4-3-5-7-14/h11-15H,3-10H2,1-2H3,(H,23,26). The van der Waals surface area contributed by atoms with Gasteiger partial charge in [-0.05, 0) is 26.2 Å². The molecule has 1 N–H and O–H groups in total. The van der Waals surface area contributed by atoms with Crippen LogP contribution in [0.25, 0.3) is 0 Å². The second-order valence-corrected chi connectivity index (χ2v) is 7.76. The summed E-state index contributed by atoms with van der Waals surface area (Å²) >= 11 is 0. The lowest BCUT2D eigenvalue weighted by atomic mass is 9.88. The van der Waals surface area contributed by atoms with Gasteiger partial charge in [0.05, 0.1) is 6.04 Å². The van der Waals surface area contributed by atoms with Crippen LogP contribution in [0.1, 0.15) is 74.8 Å². The molecule has 7 nitrogen and oxygen atoms in total. The van der Waals surface area contributed by atoms with Crippen LogP contribution in [0, 0.1) is 5.92 Å². The summed E-state index contributed by atoms with van der Waals surface area (Å²) in [5.41, 5.74) is 1.21. The largest absolute Gasteiger partial charge is 0.346 e. The molecule has 0 bridgehead atoms. The molecule has 2 atom stereocenters. The van der Waals surface area contributed by atoms with Crippen LogP contribution in [0.4, 0.5) is 0 Å². The van der Waals surface area contributed by atoms with Crippen LogP contribution in [-0.2, 0) is 24.8 Å². The number of carbonyl (C=O) groups is 1. The average molecular weight is 356 g/mol. The fourth-order valence-electron chi connectivity index (χ4n) is 4.49. The highest BCUT2D eigenvalue weighted by molar-refractivity contribution is 5.79. The number of hydrogen-bond acceptors (Lipinski definition) is 4. The molecule has 26 heavy (non-hydrogen) atoms. The molecule has 2 aliphatic rings. The number of rotatable bonds is 4. The minimum Gasteiger partial charge on any atom is -0.346 e. The van der Waals surface area contributed by atoms with Crippen LogP contribution in [0.5, 0.6) is 0 Å². The first-order chi connectivity index (χ1) is 12.6. The zero-order chi connectivity index (χ0) is 18.1. The third-order valence-electron chi connectivity index (χ3n) is 5.96. The van der Waals surface area contributed by atoms with E-state index in [1.165, 1.54) is 49.9 Å². The summed E-state index contributed by atoms with van der Waals surface area (Å²) in [7, 11) is 1.84. The van der Waals surface area contributed by atoms with Crippen LogP contribution in [0.3, 0.4) is 0 Å². The molecule has 2 aromatic heterocycles. The Morgan fingerprint density at radius 3 is 2.77 bits per heavy atom. The number of aromatic nitrogens is 5. The molecule has 0 radical (unpaired) electrons. The van der Waals surface area contributed by atoms with E-state index in [-0.39, 0.29) is 17.9 Å². The average Bonchev–Trinajstić information content (AvgIpc) is 3.27. The fraction of sp³-hybridized carbons (Fsp3) is 0.684. The van der Waals surface area contributed by atoms with Gasteiger partial charge in [-0.2, -0.15) is 5.10 Å². The summed E-state index contributed by atoms with van der Waals surface area (Å²) in [5, 5.41) is 7.18. The highest BCUT2D eigenvalue weighted by atomic mass is 16.2. The summed E-state index contributed by atoms with van der Waals surface area (Å²) in [6.07, 6.45) is 11.7. The molecule has 1 saturated carbocycles. The summed E-state index contributed by atoms with van der Waals surface area (Å²) in [4.78, 5) is 21.7. The molecule has 140 valence electrons. The predicted octanol–water partition coefficient (Wildman–Crippen LogP) is 2.50. The van der Waals surface area contributed by atoms with Crippen molar-refractivity contribution >= 4 is 5.91 Å². The van der Waals surface area contributed by atoms with Crippen molar-refractivity contribution in [3.05, 3.63) is 29.9 Å². The Hall–Kier alpha value is -2.18. The minimum absolute atomic E-state index is 0.00841. The zero-order valence-corrected chi connectivity index (χ0v) is 15.7. The molecule has 1 amide bonds. The highest BCUT2D eigenvalue weighted by Gasteiger charge is 2.30. The van der Waals surface area contributed by atoms with Gasteiger partial charge in [0.15, 0.2) is 0 Å². The number of nitrogens with zero attached hydrogens (tertiary/aromatic N) is 5. The topological polar surface area (TPSA) is 77.6 Å². The molecule has 0 spiro atoms. The van der Waals surface area contributed by atoms with Gasteiger partial charge in [0.2, 0.25) is 5.91 Å². The third-order valence-corrected chi connectivity index (χ3v) is 5.96. The Balaban J connectivity index is 1.41. The lowest BCUT2D eigenvalue weighted by Crippen LogP contribution is -2.37. The van der Waals surface area contributed by atoms with Crippen molar-refractivity contribution in [1.29, 1.82) is 0 Å². The molecular formula is C19H28N6O. The molecule has 0 saturated heterocycles. The molecule has 4 rings (SSSR count). The molecule has 1 fully saturated rings. The molecule has 1 aliphatic carbocycles. The monoisotopic (exact) mass is 356 g/mol. The van der Waals surface area contributed by atoms with Crippen LogP contribution in [0.2, 0.25) is 0 Å². The molecule has 3 heterocycles. The normalized spacial score (nSPS) is 22.0. The number of fused-ring (bicyclic) bond motifs is 1. The molecule has 2 aromatic rings. The maximum atomic E-state index is 12.7. The summed E-state index contributed by atoms with van der Waals surface area (Å²) in [6.45, 7) is 2.85. The quantitative estimate of drug-likeness (QED) is 0.913. The van der Waals surface area contributed by atoms with Gasteiger partial charge in [-0.15, -0.1) is 0 Å². The minimum atomic E-state index is -0.139. The SMILES string of the molecule is CC(NC(=O)C1CCn2c(cnc2C2CCCCC2)C1)c1ncnn1C. The van der Waals surface area contributed by atoms with Gasteiger partial charge in [-0.25, -0.2) is 9.97 Å². The summed E-state index contributed by atoms with van der Waals surface area (Å²) in [5.74, 6) is 2.75. The van der Waals surface area contributed by atoms with Crippen LogP contribution in [-0.4, -0.2) is 30.2 Å². The van der Waals surface area contributed by atoms with Crippen molar-refractivity contribution in [2.75, 3.05) is 0 Å². The van der Waals surface area contributed by atoms with Crippen LogP contribution >= 0.6 is 0 Å². The Morgan fingerprint density at radius 1 is 1.23 bits per heavy atom. The van der Waals surface area contributed by atoms with Crippen LogP contribution < -0.4 is 5.32 Å². The first-order valence-corrected chi connectivity index (χ1v) is 9.82. The van der Waals surface area contributed by atoms with Crippen molar-refractivity contribution in [2.24, 2.45) is 13.0 Å². The van der Waals surface area contributed by atoms with Gasteiger partial charge >= 0.3 is 0 Å². The summed E-state index contributed by atoms with van der Waals surface area (Å²) in [6, 6.07) is -0.139. The molecule has 1 aliphatic heterocycles. The Labute approximate surface area is 154 Å². The highest BCUT2D eigenvalue weighted by Crippen LogP contribution is 2.34. The summed E-state index contributed by atoms with van der Waals surface area (Å²) < 4.78 is 4.09. The van der Waals surface area contributed by atoms with Crippen molar-refractivity contribution in [3.63, 3.8) is 0 Å². The van der Waals surface area contributed by atoms with E-state index in [9.17, 15) is 4.79 Å². The second kappa shape index (κ2) is 7.21. The van der Waals surface area contributed by atoms with E-state index in [1.54, 1.807) is 4.68 Å². The zero-order valence-electron chi connectivity index (χ0n) is 15.7. The van der Waals surface area contributed by atoms with Crippen molar-refractivity contribution < 1.29 is 4.79 Å². The molecule has 0 aromatic carbocycles. The van der Waals surface area contributed by atoms with Crippen molar-refractivity contribution in [3.8, 4) is 0 Å². The van der Waals surface area contributed by atoms with Gasteiger partial charge in [-0.3, -0.25) is 9.48 Å². The Morgan fingerprint density at radius 2 is 2.04 bits per heavy atom. The second-order valence-electron chi connectivity index (χ2n) is 7.76. The first-order valence-electron chi connectivity index (χ1n) is 9.82. The van der Waals surface area contributed by atoms with Crippen molar-refractivity contribution in [2.45, 2.75) is 70.4 Å². The lowest BCUT2D eigenvalue weighted by molar-refractivity contribution is -0.126. The van der Waals surface area contributed by atoms with Gasteiger partial charge in [-0.1, -0.05) is 19.3 Å².